The molecule has 1 aliphatic rings. The normalized spacial score (nSPS) is 14.8. The van der Waals surface area contributed by atoms with Gasteiger partial charge >= 0.3 is 0 Å². The first-order chi connectivity index (χ1) is 12.8. The molecule has 4 aromatic rings. The number of aromatic amines is 1. The summed E-state index contributed by atoms with van der Waals surface area (Å²) in [4.78, 5) is 15.7. The van der Waals surface area contributed by atoms with Crippen LogP contribution in [-0.2, 0) is 12.0 Å². The molecule has 0 atom stereocenters. The summed E-state index contributed by atoms with van der Waals surface area (Å²) >= 11 is 0. The monoisotopic (exact) mass is 339 g/mol. The lowest BCUT2D eigenvalue weighted by atomic mass is 9.83. The molecule has 0 unspecified atom stereocenters. The number of benzene rings is 3. The maximum absolute atomic E-state index is 12.7. The minimum atomic E-state index is -0.692. The van der Waals surface area contributed by atoms with Gasteiger partial charge in [0, 0.05) is 22.9 Å². The fraction of sp³-hybridized carbons (Fsp3) is 0.0870. The van der Waals surface area contributed by atoms with E-state index in [2.05, 4.69) is 29.2 Å². The van der Waals surface area contributed by atoms with Gasteiger partial charge < -0.3 is 9.72 Å². The van der Waals surface area contributed by atoms with E-state index in [9.17, 15) is 4.79 Å². The van der Waals surface area contributed by atoms with Gasteiger partial charge in [-0.2, -0.15) is 0 Å². The first-order valence-corrected chi connectivity index (χ1v) is 8.72. The Morgan fingerprint density at radius 3 is 2.00 bits per heavy atom. The molecule has 1 aliphatic heterocycles. The Hall–Kier alpha value is -3.33. The molecule has 0 aliphatic carbocycles. The van der Waals surface area contributed by atoms with Crippen LogP contribution in [0.5, 0.6) is 5.75 Å². The third kappa shape index (κ3) is 2.10. The fourth-order valence-corrected chi connectivity index (χ4v) is 3.89. The number of rotatable bonds is 2. The summed E-state index contributed by atoms with van der Waals surface area (Å²) in [6.07, 6.45) is 0.510. The summed E-state index contributed by atoms with van der Waals surface area (Å²) in [6, 6.07) is 28.1. The average Bonchev–Trinajstić information content (AvgIpc) is 3.13. The van der Waals surface area contributed by atoms with Crippen molar-refractivity contribution in [3.8, 4) is 5.75 Å². The third-order valence-corrected chi connectivity index (χ3v) is 5.15. The second-order valence-electron chi connectivity index (χ2n) is 6.65. The second-order valence-corrected chi connectivity index (χ2v) is 6.65. The SMILES string of the molecule is O=c1[nH]c2ccccc2c2c1CC(c1ccccc1)(c1ccccc1)O2. The zero-order valence-electron chi connectivity index (χ0n) is 14.1. The van der Waals surface area contributed by atoms with Gasteiger partial charge in [-0.25, -0.2) is 0 Å². The Labute approximate surface area is 150 Å². The highest BCUT2D eigenvalue weighted by atomic mass is 16.5. The molecule has 0 radical (unpaired) electrons. The smallest absolute Gasteiger partial charge is 0.255 e. The lowest BCUT2D eigenvalue weighted by molar-refractivity contribution is 0.142. The molecule has 3 aromatic carbocycles. The zero-order chi connectivity index (χ0) is 17.6. The molecule has 0 saturated carbocycles. The topological polar surface area (TPSA) is 42.1 Å². The minimum Gasteiger partial charge on any atom is -0.476 e. The Morgan fingerprint density at radius 1 is 0.769 bits per heavy atom. The molecular formula is C23H17NO2. The fourth-order valence-electron chi connectivity index (χ4n) is 3.89. The van der Waals surface area contributed by atoms with Crippen molar-refractivity contribution in [3.05, 3.63) is 112 Å². The van der Waals surface area contributed by atoms with E-state index in [1.54, 1.807) is 0 Å². The number of hydrogen-bond donors (Lipinski definition) is 1. The number of hydrogen-bond acceptors (Lipinski definition) is 2. The van der Waals surface area contributed by atoms with Crippen LogP contribution in [0.2, 0.25) is 0 Å². The lowest BCUT2D eigenvalue weighted by Gasteiger charge is -2.30. The number of aromatic nitrogens is 1. The Balaban J connectivity index is 1.80. The number of ether oxygens (including phenoxy) is 1. The summed E-state index contributed by atoms with van der Waals surface area (Å²) in [5, 5.41) is 0.941. The molecule has 1 aromatic heterocycles. The van der Waals surface area contributed by atoms with Crippen LogP contribution >= 0.6 is 0 Å². The van der Waals surface area contributed by atoms with Crippen LogP contribution in [0, 0.1) is 0 Å². The second kappa shape index (κ2) is 5.60. The molecule has 0 fully saturated rings. The summed E-state index contributed by atoms with van der Waals surface area (Å²) in [5.41, 5.74) is 2.83. The number of pyridine rings is 1. The van der Waals surface area contributed by atoms with Crippen LogP contribution in [0.15, 0.2) is 89.7 Å². The van der Waals surface area contributed by atoms with Crippen LogP contribution in [0.4, 0.5) is 0 Å². The molecule has 0 saturated heterocycles. The average molecular weight is 339 g/mol. The van der Waals surface area contributed by atoms with E-state index in [1.165, 1.54) is 0 Å². The first-order valence-electron chi connectivity index (χ1n) is 8.72. The van der Waals surface area contributed by atoms with Crippen LogP contribution in [0.3, 0.4) is 0 Å². The van der Waals surface area contributed by atoms with Gasteiger partial charge in [-0.3, -0.25) is 4.79 Å². The molecule has 0 spiro atoms. The quantitative estimate of drug-likeness (QED) is 0.588. The van der Waals surface area contributed by atoms with Gasteiger partial charge in [-0.1, -0.05) is 72.8 Å². The summed E-state index contributed by atoms with van der Waals surface area (Å²) in [7, 11) is 0. The van der Waals surface area contributed by atoms with E-state index in [4.69, 9.17) is 4.74 Å². The molecular weight excluding hydrogens is 322 g/mol. The van der Waals surface area contributed by atoms with Crippen molar-refractivity contribution in [3.63, 3.8) is 0 Å². The molecule has 126 valence electrons. The zero-order valence-corrected chi connectivity index (χ0v) is 14.1. The Bertz CT molecular complexity index is 1110. The van der Waals surface area contributed by atoms with E-state index in [1.807, 2.05) is 60.7 Å². The van der Waals surface area contributed by atoms with Crippen molar-refractivity contribution >= 4 is 10.9 Å². The van der Waals surface area contributed by atoms with Gasteiger partial charge in [-0.05, 0) is 12.1 Å². The van der Waals surface area contributed by atoms with Crippen molar-refractivity contribution in [1.29, 1.82) is 0 Å². The van der Waals surface area contributed by atoms with Crippen molar-refractivity contribution in [2.24, 2.45) is 0 Å². The highest BCUT2D eigenvalue weighted by molar-refractivity contribution is 5.87. The predicted molar refractivity (Wildman–Crippen MR) is 103 cm³/mol. The van der Waals surface area contributed by atoms with Crippen molar-refractivity contribution in [2.45, 2.75) is 12.0 Å². The predicted octanol–water partition coefficient (Wildman–Crippen LogP) is 4.41. The van der Waals surface area contributed by atoms with Gasteiger partial charge in [0.25, 0.3) is 5.56 Å². The van der Waals surface area contributed by atoms with Crippen LogP contribution in [0.25, 0.3) is 10.9 Å². The molecule has 1 N–H and O–H groups in total. The minimum absolute atomic E-state index is 0.0764. The van der Waals surface area contributed by atoms with Crippen molar-refractivity contribution in [1.82, 2.24) is 4.98 Å². The van der Waals surface area contributed by atoms with E-state index in [0.717, 1.165) is 22.0 Å². The number of H-pyrrole nitrogens is 1. The molecule has 0 amide bonds. The lowest BCUT2D eigenvalue weighted by Crippen LogP contribution is -2.33. The highest BCUT2D eigenvalue weighted by Crippen LogP contribution is 2.46. The molecule has 26 heavy (non-hydrogen) atoms. The summed E-state index contributed by atoms with van der Waals surface area (Å²) in [5.74, 6) is 0.692. The number of para-hydroxylation sites is 1. The third-order valence-electron chi connectivity index (χ3n) is 5.15. The molecule has 0 bridgehead atoms. The van der Waals surface area contributed by atoms with Gasteiger partial charge in [0.15, 0.2) is 5.60 Å². The van der Waals surface area contributed by atoms with Crippen LogP contribution < -0.4 is 10.3 Å². The maximum atomic E-state index is 12.7. The maximum Gasteiger partial charge on any atom is 0.255 e. The van der Waals surface area contributed by atoms with Gasteiger partial charge in [-0.15, -0.1) is 0 Å². The molecule has 2 heterocycles. The van der Waals surface area contributed by atoms with Gasteiger partial charge in [0.1, 0.15) is 5.75 Å². The molecule has 3 nitrogen and oxygen atoms in total. The van der Waals surface area contributed by atoms with E-state index >= 15 is 0 Å². The summed E-state index contributed by atoms with van der Waals surface area (Å²) in [6.45, 7) is 0. The largest absolute Gasteiger partial charge is 0.476 e. The Kier molecular flexibility index (Phi) is 3.22. The highest BCUT2D eigenvalue weighted by Gasteiger charge is 2.44. The number of fused-ring (bicyclic) bond motifs is 3. The Morgan fingerprint density at radius 2 is 1.35 bits per heavy atom. The van der Waals surface area contributed by atoms with E-state index < -0.39 is 5.60 Å². The van der Waals surface area contributed by atoms with Gasteiger partial charge in [0.05, 0.1) is 11.1 Å². The first kappa shape index (κ1) is 15.0. The molecule has 5 rings (SSSR count). The van der Waals surface area contributed by atoms with E-state index in [0.29, 0.717) is 17.7 Å². The van der Waals surface area contributed by atoms with Crippen LogP contribution in [-0.4, -0.2) is 4.98 Å². The molecule has 3 heteroatoms. The number of nitrogens with one attached hydrogen (secondary N) is 1. The van der Waals surface area contributed by atoms with E-state index in [-0.39, 0.29) is 5.56 Å². The standard InChI is InChI=1S/C23H17NO2/c25-22-19-15-23(16-9-3-1-4-10-16,17-11-5-2-6-12-17)26-21(19)18-13-7-8-14-20(18)24-22/h1-14H,15H2,(H,24,25). The van der Waals surface area contributed by atoms with Crippen molar-refractivity contribution < 1.29 is 4.74 Å². The van der Waals surface area contributed by atoms with Crippen molar-refractivity contribution in [2.75, 3.05) is 0 Å². The van der Waals surface area contributed by atoms with Gasteiger partial charge in [0.2, 0.25) is 0 Å². The van der Waals surface area contributed by atoms with Crippen LogP contribution in [0.1, 0.15) is 16.7 Å². The summed E-state index contributed by atoms with van der Waals surface area (Å²) < 4.78 is 6.64.